The molecular weight excluding hydrogens is 438 g/mol. The van der Waals surface area contributed by atoms with Crippen LogP contribution in [0.25, 0.3) is 12.2 Å². The number of methoxy groups -OCH3 is 1. The topological polar surface area (TPSA) is 124 Å². The summed E-state index contributed by atoms with van der Waals surface area (Å²) in [7, 11) is 1.43. The fourth-order valence-corrected chi connectivity index (χ4v) is 2.98. The highest BCUT2D eigenvalue weighted by molar-refractivity contribution is 7.80. The maximum absolute atomic E-state index is 12.6. The summed E-state index contributed by atoms with van der Waals surface area (Å²) < 4.78 is 15.8. The number of benzene rings is 1. The quantitative estimate of drug-likeness (QED) is 0.123. The van der Waals surface area contributed by atoms with Crippen LogP contribution in [0.15, 0.2) is 59.2 Å². The first-order valence-electron chi connectivity index (χ1n) is 9.09. The first kappa shape index (κ1) is 22.4. The molecule has 0 unspecified atom stereocenters. The van der Waals surface area contributed by atoms with Gasteiger partial charge < -0.3 is 13.9 Å². The maximum atomic E-state index is 12.6. The highest BCUT2D eigenvalue weighted by Gasteiger charge is 2.32. The summed E-state index contributed by atoms with van der Waals surface area (Å²) in [5, 5.41) is 13.1. The van der Waals surface area contributed by atoms with Gasteiger partial charge in [0, 0.05) is 12.6 Å². The van der Waals surface area contributed by atoms with Gasteiger partial charge in [-0.2, -0.15) is 0 Å². The number of thiocarbonyl (C=S) groups is 1. The van der Waals surface area contributed by atoms with Crippen LogP contribution in [0.4, 0.5) is 5.88 Å². The lowest BCUT2D eigenvalue weighted by Crippen LogP contribution is -2.53. The van der Waals surface area contributed by atoms with E-state index in [-0.39, 0.29) is 28.9 Å². The number of nitrogens with zero attached hydrogens (tertiary/aromatic N) is 2. The Morgan fingerprint density at radius 2 is 2.06 bits per heavy atom. The Morgan fingerprint density at radius 1 is 1.28 bits per heavy atom. The predicted molar refractivity (Wildman–Crippen MR) is 119 cm³/mol. The number of amides is 2. The van der Waals surface area contributed by atoms with Crippen LogP contribution in [0, 0.1) is 10.1 Å². The Bertz CT molecular complexity index is 1170. The van der Waals surface area contributed by atoms with E-state index in [0.29, 0.717) is 17.1 Å². The molecular formula is C21H17N3O7S. The van der Waals surface area contributed by atoms with Gasteiger partial charge in [-0.15, -0.1) is 6.58 Å². The molecule has 1 aromatic carbocycles. The van der Waals surface area contributed by atoms with Crippen molar-refractivity contribution in [3.05, 3.63) is 76.3 Å². The summed E-state index contributed by atoms with van der Waals surface area (Å²) in [4.78, 5) is 36.1. The molecule has 1 N–H and O–H groups in total. The van der Waals surface area contributed by atoms with E-state index in [4.69, 9.17) is 26.1 Å². The van der Waals surface area contributed by atoms with Crippen molar-refractivity contribution >= 4 is 47.2 Å². The van der Waals surface area contributed by atoms with E-state index in [0.717, 1.165) is 0 Å². The van der Waals surface area contributed by atoms with Crippen molar-refractivity contribution in [3.63, 3.8) is 0 Å². The van der Waals surface area contributed by atoms with Crippen LogP contribution < -0.4 is 14.8 Å². The molecule has 10 nitrogen and oxygen atoms in total. The number of nitro groups is 1. The van der Waals surface area contributed by atoms with Gasteiger partial charge >= 0.3 is 5.88 Å². The number of nitrogens with one attached hydrogen (secondary N) is 1. The van der Waals surface area contributed by atoms with Crippen LogP contribution in [-0.2, 0) is 9.59 Å². The minimum absolute atomic E-state index is 0.0204. The highest BCUT2D eigenvalue weighted by Crippen LogP contribution is 2.30. The number of hydrogen-bond acceptors (Lipinski definition) is 8. The Kier molecular flexibility index (Phi) is 6.80. The minimum atomic E-state index is -0.643. The van der Waals surface area contributed by atoms with Crippen molar-refractivity contribution < 1.29 is 28.4 Å². The van der Waals surface area contributed by atoms with E-state index in [1.807, 2.05) is 0 Å². The molecule has 0 spiro atoms. The molecule has 2 aromatic rings. The average Bonchev–Trinajstić information content (AvgIpc) is 3.24. The largest absolute Gasteiger partial charge is 0.493 e. The van der Waals surface area contributed by atoms with Crippen molar-refractivity contribution in [2.24, 2.45) is 0 Å². The van der Waals surface area contributed by atoms with Crippen LogP contribution in [0.5, 0.6) is 11.5 Å². The van der Waals surface area contributed by atoms with Crippen LogP contribution in [0.1, 0.15) is 11.3 Å². The SMILES string of the molecule is C=CCN1C(=O)C(=Cc2ccc(OC=Cc3ccc([N+](=O)[O-])o3)c(OC)c2)C(=O)NC1=S. The molecule has 164 valence electrons. The van der Waals surface area contributed by atoms with Gasteiger partial charge in [-0.25, -0.2) is 0 Å². The zero-order valence-corrected chi connectivity index (χ0v) is 17.6. The van der Waals surface area contributed by atoms with Gasteiger partial charge in [0.05, 0.1) is 19.4 Å². The zero-order chi connectivity index (χ0) is 23.3. The lowest BCUT2D eigenvalue weighted by molar-refractivity contribution is -0.402. The third kappa shape index (κ3) is 4.90. The zero-order valence-electron chi connectivity index (χ0n) is 16.8. The lowest BCUT2D eigenvalue weighted by Gasteiger charge is -2.27. The average molecular weight is 455 g/mol. The second kappa shape index (κ2) is 9.71. The van der Waals surface area contributed by atoms with E-state index in [2.05, 4.69) is 11.9 Å². The summed E-state index contributed by atoms with van der Waals surface area (Å²) in [6, 6.07) is 7.45. The molecule has 0 bridgehead atoms. The van der Waals surface area contributed by atoms with Crippen LogP contribution in [0.3, 0.4) is 0 Å². The molecule has 1 fully saturated rings. The molecule has 1 saturated heterocycles. The van der Waals surface area contributed by atoms with Crippen LogP contribution in [-0.4, -0.2) is 40.4 Å². The first-order chi connectivity index (χ1) is 15.3. The molecule has 32 heavy (non-hydrogen) atoms. The summed E-state index contributed by atoms with van der Waals surface area (Å²) >= 11 is 5.03. The van der Waals surface area contributed by atoms with Crippen LogP contribution in [0.2, 0.25) is 0 Å². The lowest BCUT2D eigenvalue weighted by atomic mass is 10.1. The summed E-state index contributed by atoms with van der Waals surface area (Å²) in [6.07, 6.45) is 5.61. The Labute approximate surface area is 187 Å². The first-order valence-corrected chi connectivity index (χ1v) is 9.50. The number of rotatable bonds is 8. The van der Waals surface area contributed by atoms with Crippen molar-refractivity contribution in [2.45, 2.75) is 0 Å². The number of hydrogen-bond donors (Lipinski definition) is 1. The molecule has 0 atom stereocenters. The summed E-state index contributed by atoms with van der Waals surface area (Å²) in [5.74, 6) is -0.616. The third-order valence-electron chi connectivity index (χ3n) is 4.22. The molecule has 1 aromatic heterocycles. The second-order valence-corrected chi connectivity index (χ2v) is 6.67. The maximum Gasteiger partial charge on any atom is 0.433 e. The summed E-state index contributed by atoms with van der Waals surface area (Å²) in [5.41, 5.74) is 0.431. The van der Waals surface area contributed by atoms with Crippen LogP contribution >= 0.6 is 12.2 Å². The molecule has 1 aliphatic heterocycles. The Morgan fingerprint density at radius 3 is 2.72 bits per heavy atom. The summed E-state index contributed by atoms with van der Waals surface area (Å²) in [6.45, 7) is 3.74. The van der Waals surface area contributed by atoms with Gasteiger partial charge in [-0.1, -0.05) is 12.1 Å². The molecule has 1 aliphatic rings. The highest BCUT2D eigenvalue weighted by atomic mass is 32.1. The Balaban J connectivity index is 1.79. The number of carbonyl (C=O) groups excluding carboxylic acids is 2. The normalized spacial score (nSPS) is 15.2. The standard InChI is InChI=1S/C21H17N3O7S/c1-3-9-23-20(26)15(19(25)22-21(23)32)11-13-4-6-16(17(12-13)29-2)30-10-8-14-5-7-18(31-14)24(27)28/h3-8,10-12H,1,9H2,2H3,(H,22,25,32). The van der Waals surface area contributed by atoms with Gasteiger partial charge in [0.25, 0.3) is 11.8 Å². The minimum Gasteiger partial charge on any atom is -0.493 e. The smallest absolute Gasteiger partial charge is 0.433 e. The van der Waals surface area contributed by atoms with E-state index < -0.39 is 16.7 Å². The predicted octanol–water partition coefficient (Wildman–Crippen LogP) is 3.06. The van der Waals surface area contributed by atoms with Gasteiger partial charge in [-0.3, -0.25) is 29.9 Å². The molecule has 3 rings (SSSR count). The second-order valence-electron chi connectivity index (χ2n) is 6.29. The van der Waals surface area contributed by atoms with Crippen molar-refractivity contribution in [2.75, 3.05) is 13.7 Å². The molecule has 0 radical (unpaired) electrons. The molecule has 2 heterocycles. The molecule has 0 saturated carbocycles. The van der Waals surface area contributed by atoms with Gasteiger partial charge in [0.15, 0.2) is 16.6 Å². The number of carbonyl (C=O) groups is 2. The third-order valence-corrected chi connectivity index (χ3v) is 4.54. The van der Waals surface area contributed by atoms with Crippen molar-refractivity contribution in [1.29, 1.82) is 0 Å². The fourth-order valence-electron chi connectivity index (χ4n) is 2.73. The monoisotopic (exact) mass is 455 g/mol. The molecule has 2 amide bonds. The molecule has 11 heteroatoms. The van der Waals surface area contributed by atoms with Crippen molar-refractivity contribution in [3.8, 4) is 11.5 Å². The van der Waals surface area contributed by atoms with Gasteiger partial charge in [0.1, 0.15) is 16.3 Å². The van der Waals surface area contributed by atoms with E-state index >= 15 is 0 Å². The van der Waals surface area contributed by atoms with E-state index in [9.17, 15) is 19.7 Å². The number of ether oxygens (including phenoxy) is 2. The van der Waals surface area contributed by atoms with E-state index in [1.54, 1.807) is 18.2 Å². The van der Waals surface area contributed by atoms with Gasteiger partial charge in [-0.05, 0) is 42.1 Å². The number of furan rings is 1. The van der Waals surface area contributed by atoms with E-state index in [1.165, 1.54) is 48.6 Å². The van der Waals surface area contributed by atoms with Gasteiger partial charge in [0.2, 0.25) is 0 Å². The Hall–Kier alpha value is -4.25. The van der Waals surface area contributed by atoms with Crippen molar-refractivity contribution in [1.82, 2.24) is 10.2 Å². The fraction of sp³-hybridized carbons (Fsp3) is 0.0952. The molecule has 0 aliphatic carbocycles.